The molecule has 2 aromatic rings. The zero-order chi connectivity index (χ0) is 11.7. The number of hydrogen-bond acceptors (Lipinski definition) is 3. The van der Waals surface area contributed by atoms with Gasteiger partial charge in [0, 0.05) is 5.39 Å². The van der Waals surface area contributed by atoms with Crippen molar-refractivity contribution in [2.75, 3.05) is 6.61 Å². The molecule has 0 unspecified atom stereocenters. The highest BCUT2D eigenvalue weighted by Crippen LogP contribution is 2.33. The Morgan fingerprint density at radius 3 is 2.94 bits per heavy atom. The third-order valence-corrected chi connectivity index (χ3v) is 3.42. The van der Waals surface area contributed by atoms with Crippen LogP contribution in [0.4, 0.5) is 0 Å². The molecule has 0 bridgehead atoms. The van der Waals surface area contributed by atoms with Crippen molar-refractivity contribution < 1.29 is 9.15 Å². The van der Waals surface area contributed by atoms with Gasteiger partial charge in [-0.25, -0.2) is 4.79 Å². The summed E-state index contributed by atoms with van der Waals surface area (Å²) in [5.74, 6) is 0.520. The van der Waals surface area contributed by atoms with Gasteiger partial charge in [-0.3, -0.25) is 0 Å². The van der Waals surface area contributed by atoms with Crippen LogP contribution in [0, 0.1) is 0 Å². The van der Waals surface area contributed by atoms with Crippen molar-refractivity contribution in [3.63, 3.8) is 0 Å². The van der Waals surface area contributed by atoms with E-state index in [9.17, 15) is 4.79 Å². The zero-order valence-electron chi connectivity index (χ0n) is 8.42. The molecule has 0 aliphatic carbocycles. The van der Waals surface area contributed by atoms with E-state index in [1.807, 2.05) is 6.92 Å². The van der Waals surface area contributed by atoms with E-state index >= 15 is 0 Å². The largest absolute Gasteiger partial charge is 0.490 e. The first-order chi connectivity index (χ1) is 7.65. The van der Waals surface area contributed by atoms with Crippen LogP contribution in [0.1, 0.15) is 6.92 Å². The van der Waals surface area contributed by atoms with Gasteiger partial charge in [0.05, 0.1) is 11.6 Å². The van der Waals surface area contributed by atoms with Gasteiger partial charge in [-0.1, -0.05) is 17.7 Å². The Labute approximate surface area is 105 Å². The third-order valence-electron chi connectivity index (χ3n) is 2.08. The minimum atomic E-state index is -0.510. The molecule has 0 radical (unpaired) electrons. The summed E-state index contributed by atoms with van der Waals surface area (Å²) in [7, 11) is 0. The molecule has 1 aromatic heterocycles. The summed E-state index contributed by atoms with van der Waals surface area (Å²) < 4.78 is 10.7. The molecule has 0 saturated carbocycles. The van der Waals surface area contributed by atoms with Crippen LogP contribution < -0.4 is 10.4 Å². The highest BCUT2D eigenvalue weighted by Gasteiger charge is 2.13. The Hall–Kier alpha value is -1.00. The molecule has 0 atom stereocenters. The van der Waals surface area contributed by atoms with Crippen LogP contribution >= 0.6 is 27.5 Å². The van der Waals surface area contributed by atoms with E-state index in [2.05, 4.69) is 15.9 Å². The maximum atomic E-state index is 11.5. The lowest BCUT2D eigenvalue weighted by Gasteiger charge is -2.07. The van der Waals surface area contributed by atoms with Crippen LogP contribution in [0.25, 0.3) is 11.0 Å². The maximum absolute atomic E-state index is 11.5. The number of rotatable bonds is 2. The van der Waals surface area contributed by atoms with Crippen molar-refractivity contribution in [2.24, 2.45) is 0 Å². The molecule has 0 aliphatic heterocycles. The van der Waals surface area contributed by atoms with Crippen molar-refractivity contribution in [2.45, 2.75) is 6.92 Å². The number of para-hydroxylation sites is 1. The van der Waals surface area contributed by atoms with Crippen LogP contribution in [-0.4, -0.2) is 6.61 Å². The zero-order valence-corrected chi connectivity index (χ0v) is 10.8. The van der Waals surface area contributed by atoms with Gasteiger partial charge in [-0.2, -0.15) is 0 Å². The first-order valence-corrected chi connectivity index (χ1v) is 5.86. The third kappa shape index (κ3) is 1.83. The Morgan fingerprint density at radius 2 is 2.25 bits per heavy atom. The highest BCUT2D eigenvalue weighted by molar-refractivity contribution is 9.10. The van der Waals surface area contributed by atoms with Gasteiger partial charge in [-0.15, -0.1) is 0 Å². The molecule has 5 heteroatoms. The molecular formula is C11H8BrClO3. The summed E-state index contributed by atoms with van der Waals surface area (Å²) >= 11 is 9.13. The van der Waals surface area contributed by atoms with Crippen molar-refractivity contribution in [3.8, 4) is 5.75 Å². The lowest BCUT2D eigenvalue weighted by molar-refractivity contribution is 0.337. The maximum Gasteiger partial charge on any atom is 0.352 e. The molecule has 0 fully saturated rings. The number of hydrogen-bond donors (Lipinski definition) is 0. The first-order valence-electron chi connectivity index (χ1n) is 4.68. The van der Waals surface area contributed by atoms with Crippen LogP contribution in [0.5, 0.6) is 5.75 Å². The fourth-order valence-corrected chi connectivity index (χ4v) is 1.93. The Bertz CT molecular complexity index is 592. The average molecular weight is 304 g/mol. The van der Waals surface area contributed by atoms with E-state index in [1.165, 1.54) is 0 Å². The molecule has 0 N–H and O–H groups in total. The molecule has 0 aliphatic rings. The molecule has 84 valence electrons. The van der Waals surface area contributed by atoms with Gasteiger partial charge in [0.1, 0.15) is 4.47 Å². The van der Waals surface area contributed by atoms with Crippen LogP contribution in [0.15, 0.2) is 31.9 Å². The summed E-state index contributed by atoms with van der Waals surface area (Å²) in [5, 5.41) is 0.992. The summed E-state index contributed by atoms with van der Waals surface area (Å²) in [5.41, 5.74) is -0.132. The van der Waals surface area contributed by atoms with Gasteiger partial charge in [0.15, 0.2) is 11.3 Å². The minimum Gasteiger partial charge on any atom is -0.490 e. The second-order valence-electron chi connectivity index (χ2n) is 3.08. The number of benzene rings is 1. The minimum absolute atomic E-state index is 0.232. The Morgan fingerprint density at radius 1 is 1.50 bits per heavy atom. The average Bonchev–Trinajstić information content (AvgIpc) is 2.28. The highest BCUT2D eigenvalue weighted by atomic mass is 79.9. The van der Waals surface area contributed by atoms with Gasteiger partial charge in [0.2, 0.25) is 0 Å². The summed E-state index contributed by atoms with van der Waals surface area (Å²) in [6.45, 7) is 2.36. The second-order valence-corrected chi connectivity index (χ2v) is 4.25. The Balaban J connectivity index is 2.84. The first kappa shape index (κ1) is 11.5. The Kier molecular flexibility index (Phi) is 3.21. The normalized spacial score (nSPS) is 10.7. The summed E-state index contributed by atoms with van der Waals surface area (Å²) in [6, 6.07) is 5.30. The van der Waals surface area contributed by atoms with Gasteiger partial charge < -0.3 is 9.15 Å². The molecule has 3 nitrogen and oxygen atoms in total. The van der Waals surface area contributed by atoms with E-state index in [4.69, 9.17) is 20.8 Å². The molecule has 1 heterocycles. The quantitative estimate of drug-likeness (QED) is 0.796. The van der Waals surface area contributed by atoms with Gasteiger partial charge in [0.25, 0.3) is 0 Å². The molecular weight excluding hydrogens is 295 g/mol. The van der Waals surface area contributed by atoms with Crippen LogP contribution in [-0.2, 0) is 0 Å². The molecule has 0 amide bonds. The molecule has 1 aromatic carbocycles. The van der Waals surface area contributed by atoms with E-state index < -0.39 is 5.63 Å². The van der Waals surface area contributed by atoms with E-state index in [0.717, 1.165) is 0 Å². The van der Waals surface area contributed by atoms with Crippen molar-refractivity contribution >= 4 is 38.5 Å². The van der Waals surface area contributed by atoms with Crippen molar-refractivity contribution in [1.82, 2.24) is 0 Å². The predicted molar refractivity (Wildman–Crippen MR) is 66.4 cm³/mol. The summed E-state index contributed by atoms with van der Waals surface area (Å²) in [6.07, 6.45) is 0. The smallest absolute Gasteiger partial charge is 0.352 e. The standard InChI is InChI=1S/C11H8BrClO3/c1-2-15-7-5-3-4-6-9(13)8(12)11(14)16-10(6)7/h3-5H,2H2,1H3. The number of halogens is 2. The molecule has 0 spiro atoms. The van der Waals surface area contributed by atoms with Crippen molar-refractivity contribution in [3.05, 3.63) is 38.1 Å². The fourth-order valence-electron chi connectivity index (χ4n) is 1.41. The number of fused-ring (bicyclic) bond motifs is 1. The fraction of sp³-hybridized carbons (Fsp3) is 0.182. The topological polar surface area (TPSA) is 39.4 Å². The second kappa shape index (κ2) is 4.47. The lowest BCUT2D eigenvalue weighted by Crippen LogP contribution is -2.02. The van der Waals surface area contributed by atoms with Crippen LogP contribution in [0.3, 0.4) is 0 Å². The SMILES string of the molecule is CCOc1cccc2c(Cl)c(Br)c(=O)oc12. The lowest BCUT2D eigenvalue weighted by atomic mass is 10.2. The predicted octanol–water partition coefficient (Wildman–Crippen LogP) is 3.61. The van der Waals surface area contributed by atoms with Gasteiger partial charge >= 0.3 is 5.63 Å². The summed E-state index contributed by atoms with van der Waals surface area (Å²) in [4.78, 5) is 11.5. The molecule has 16 heavy (non-hydrogen) atoms. The van der Waals surface area contributed by atoms with Crippen molar-refractivity contribution in [1.29, 1.82) is 0 Å². The molecule has 2 rings (SSSR count). The monoisotopic (exact) mass is 302 g/mol. The molecule has 0 saturated heterocycles. The van der Waals surface area contributed by atoms with Gasteiger partial charge in [-0.05, 0) is 35.0 Å². The van der Waals surface area contributed by atoms with Crippen LogP contribution in [0.2, 0.25) is 5.02 Å². The van der Waals surface area contributed by atoms with E-state index in [0.29, 0.717) is 28.3 Å². The van der Waals surface area contributed by atoms with E-state index in [-0.39, 0.29) is 4.47 Å². The van der Waals surface area contributed by atoms with E-state index in [1.54, 1.807) is 18.2 Å². The number of ether oxygens (including phenoxy) is 1.